The van der Waals surface area contributed by atoms with Gasteiger partial charge in [0.15, 0.2) is 0 Å². The second-order valence-electron chi connectivity index (χ2n) is 4.09. The number of ketones is 1. The Hall–Kier alpha value is -1.22. The molecule has 1 aromatic heterocycles. The summed E-state index contributed by atoms with van der Waals surface area (Å²) < 4.78 is 0. The normalized spacial score (nSPS) is 21.7. The van der Waals surface area contributed by atoms with Crippen LogP contribution < -0.4 is 5.32 Å². The summed E-state index contributed by atoms with van der Waals surface area (Å²) in [4.78, 5) is 16.0. The number of carbonyl (C=O) groups is 1. The molecular formula is C12H16N2O. The molecule has 1 N–H and O–H groups in total. The smallest absolute Gasteiger partial charge is 0.138 e. The number of pyridine rings is 1. The molecule has 3 heteroatoms. The van der Waals surface area contributed by atoms with Crippen molar-refractivity contribution >= 4 is 5.78 Å². The van der Waals surface area contributed by atoms with E-state index in [-0.39, 0.29) is 5.92 Å². The van der Waals surface area contributed by atoms with Gasteiger partial charge in [0.25, 0.3) is 0 Å². The zero-order valence-corrected chi connectivity index (χ0v) is 8.99. The topological polar surface area (TPSA) is 42.0 Å². The molecule has 1 fully saturated rings. The van der Waals surface area contributed by atoms with Crippen molar-refractivity contribution in [3.63, 3.8) is 0 Å². The van der Waals surface area contributed by atoms with Crippen LogP contribution in [0.1, 0.15) is 17.7 Å². The molecule has 80 valence electrons. The lowest BCUT2D eigenvalue weighted by Gasteiger charge is -2.21. The minimum Gasteiger partial charge on any atom is -0.316 e. The van der Waals surface area contributed by atoms with E-state index in [1.807, 2.05) is 19.1 Å². The van der Waals surface area contributed by atoms with Crippen molar-refractivity contribution in [2.24, 2.45) is 5.92 Å². The SMILES string of the molecule is Cc1cccnc1CC1CNCCC1=O. The monoisotopic (exact) mass is 204 g/mol. The first kappa shape index (κ1) is 10.3. The number of rotatable bonds is 2. The first-order valence-electron chi connectivity index (χ1n) is 5.41. The molecule has 3 nitrogen and oxygen atoms in total. The zero-order valence-electron chi connectivity index (χ0n) is 8.99. The van der Waals surface area contributed by atoms with Gasteiger partial charge in [-0.3, -0.25) is 9.78 Å². The number of piperidine rings is 1. The fourth-order valence-corrected chi connectivity index (χ4v) is 1.96. The van der Waals surface area contributed by atoms with Crippen molar-refractivity contribution in [2.45, 2.75) is 19.8 Å². The van der Waals surface area contributed by atoms with Crippen molar-refractivity contribution in [3.8, 4) is 0 Å². The van der Waals surface area contributed by atoms with Crippen LogP contribution in [0.3, 0.4) is 0 Å². The maximum absolute atomic E-state index is 11.6. The average Bonchev–Trinajstić information content (AvgIpc) is 2.24. The highest BCUT2D eigenvalue weighted by Crippen LogP contribution is 2.14. The quantitative estimate of drug-likeness (QED) is 0.784. The van der Waals surface area contributed by atoms with Crippen LogP contribution in [0.5, 0.6) is 0 Å². The van der Waals surface area contributed by atoms with Crippen LogP contribution in [0.4, 0.5) is 0 Å². The van der Waals surface area contributed by atoms with E-state index in [0.717, 1.165) is 25.2 Å². The highest BCUT2D eigenvalue weighted by atomic mass is 16.1. The van der Waals surface area contributed by atoms with Gasteiger partial charge in [-0.2, -0.15) is 0 Å². The second kappa shape index (κ2) is 4.53. The highest BCUT2D eigenvalue weighted by Gasteiger charge is 2.22. The molecule has 2 heterocycles. The van der Waals surface area contributed by atoms with Crippen molar-refractivity contribution in [3.05, 3.63) is 29.6 Å². The number of carbonyl (C=O) groups excluding carboxylic acids is 1. The summed E-state index contributed by atoms with van der Waals surface area (Å²) in [7, 11) is 0. The molecule has 1 aliphatic heterocycles. The summed E-state index contributed by atoms with van der Waals surface area (Å²) in [5.74, 6) is 0.492. The molecule has 1 saturated heterocycles. The number of nitrogens with one attached hydrogen (secondary N) is 1. The van der Waals surface area contributed by atoms with Crippen LogP contribution in [-0.4, -0.2) is 23.9 Å². The predicted octanol–water partition coefficient (Wildman–Crippen LogP) is 1.11. The summed E-state index contributed by atoms with van der Waals surface area (Å²) in [5, 5.41) is 3.26. The predicted molar refractivity (Wildman–Crippen MR) is 58.7 cm³/mol. The van der Waals surface area contributed by atoms with Crippen molar-refractivity contribution in [2.75, 3.05) is 13.1 Å². The van der Waals surface area contributed by atoms with E-state index in [1.54, 1.807) is 6.20 Å². The number of Topliss-reactive ketones (excluding diaryl/α,β-unsaturated/α-hetero) is 1. The Morgan fingerprint density at radius 2 is 2.47 bits per heavy atom. The highest BCUT2D eigenvalue weighted by molar-refractivity contribution is 5.82. The minimum absolute atomic E-state index is 0.118. The Morgan fingerprint density at radius 1 is 1.60 bits per heavy atom. The lowest BCUT2D eigenvalue weighted by atomic mass is 9.92. The van der Waals surface area contributed by atoms with Gasteiger partial charge in [0.2, 0.25) is 0 Å². The van der Waals surface area contributed by atoms with Crippen molar-refractivity contribution in [1.82, 2.24) is 10.3 Å². The van der Waals surface area contributed by atoms with E-state index in [1.165, 1.54) is 5.56 Å². The van der Waals surface area contributed by atoms with Crippen molar-refractivity contribution < 1.29 is 4.79 Å². The molecule has 0 aromatic carbocycles. The van der Waals surface area contributed by atoms with Crippen molar-refractivity contribution in [1.29, 1.82) is 0 Å². The van der Waals surface area contributed by atoms with Gasteiger partial charge in [0, 0.05) is 43.7 Å². The summed E-state index contributed by atoms with van der Waals surface area (Å²) in [6.45, 7) is 3.68. The van der Waals surface area contributed by atoms with E-state index >= 15 is 0 Å². The molecule has 2 rings (SSSR count). The van der Waals surface area contributed by atoms with Crippen LogP contribution in [0.25, 0.3) is 0 Å². The van der Waals surface area contributed by atoms with Gasteiger partial charge in [-0.25, -0.2) is 0 Å². The van der Waals surface area contributed by atoms with Gasteiger partial charge in [0.1, 0.15) is 5.78 Å². The Balaban J connectivity index is 2.08. The first-order chi connectivity index (χ1) is 7.27. The molecule has 0 amide bonds. The summed E-state index contributed by atoms with van der Waals surface area (Å²) >= 11 is 0. The fraction of sp³-hybridized carbons (Fsp3) is 0.500. The average molecular weight is 204 g/mol. The summed E-state index contributed by atoms with van der Waals surface area (Å²) in [6.07, 6.45) is 3.23. The maximum atomic E-state index is 11.6. The van der Waals surface area contributed by atoms with Gasteiger partial charge >= 0.3 is 0 Å². The lowest BCUT2D eigenvalue weighted by Crippen LogP contribution is -2.38. The number of hydrogen-bond acceptors (Lipinski definition) is 3. The van der Waals surface area contributed by atoms with Crippen LogP contribution in [0.15, 0.2) is 18.3 Å². The third-order valence-corrected chi connectivity index (χ3v) is 2.95. The minimum atomic E-state index is 0.118. The molecule has 0 bridgehead atoms. The van der Waals surface area contributed by atoms with E-state index in [4.69, 9.17) is 0 Å². The van der Waals surface area contributed by atoms with Crippen LogP contribution >= 0.6 is 0 Å². The number of hydrogen-bond donors (Lipinski definition) is 1. The molecule has 1 aromatic rings. The molecule has 0 spiro atoms. The second-order valence-corrected chi connectivity index (χ2v) is 4.09. The van der Waals surface area contributed by atoms with Gasteiger partial charge < -0.3 is 5.32 Å². The van der Waals surface area contributed by atoms with Gasteiger partial charge in [0.05, 0.1) is 0 Å². The number of aromatic nitrogens is 1. The Kier molecular flexibility index (Phi) is 3.11. The van der Waals surface area contributed by atoms with Gasteiger partial charge in [-0.15, -0.1) is 0 Å². The van der Waals surface area contributed by atoms with Gasteiger partial charge in [-0.05, 0) is 18.6 Å². The third kappa shape index (κ3) is 2.42. The largest absolute Gasteiger partial charge is 0.316 e. The van der Waals surface area contributed by atoms with Crippen LogP contribution in [0, 0.1) is 12.8 Å². The Bertz CT molecular complexity index is 362. The molecule has 1 aliphatic rings. The standard InChI is InChI=1S/C12H16N2O/c1-9-3-2-5-14-11(9)7-10-8-13-6-4-12(10)15/h2-3,5,10,13H,4,6-8H2,1H3. The first-order valence-corrected chi connectivity index (χ1v) is 5.41. The van der Waals surface area contributed by atoms with Gasteiger partial charge in [-0.1, -0.05) is 6.07 Å². The molecular weight excluding hydrogens is 188 g/mol. The van der Waals surface area contributed by atoms with E-state index in [9.17, 15) is 4.79 Å². The van der Waals surface area contributed by atoms with E-state index < -0.39 is 0 Å². The summed E-state index contributed by atoms with van der Waals surface area (Å²) in [5.41, 5.74) is 2.23. The molecule has 15 heavy (non-hydrogen) atoms. The molecule has 0 saturated carbocycles. The Labute approximate surface area is 89.9 Å². The van der Waals surface area contributed by atoms with Crippen LogP contribution in [-0.2, 0) is 11.2 Å². The number of nitrogens with zero attached hydrogens (tertiary/aromatic N) is 1. The maximum Gasteiger partial charge on any atom is 0.138 e. The lowest BCUT2D eigenvalue weighted by molar-refractivity contribution is -0.123. The number of aryl methyl sites for hydroxylation is 1. The summed E-state index contributed by atoms with van der Waals surface area (Å²) in [6, 6.07) is 3.98. The molecule has 1 atom stereocenters. The molecule has 1 unspecified atom stereocenters. The third-order valence-electron chi connectivity index (χ3n) is 2.95. The van der Waals surface area contributed by atoms with Crippen LogP contribution in [0.2, 0.25) is 0 Å². The van der Waals surface area contributed by atoms with E-state index in [2.05, 4.69) is 10.3 Å². The molecule has 0 radical (unpaired) electrons. The molecule has 0 aliphatic carbocycles. The zero-order chi connectivity index (χ0) is 10.7. The van der Waals surface area contributed by atoms with E-state index in [0.29, 0.717) is 12.2 Å². The Morgan fingerprint density at radius 3 is 3.20 bits per heavy atom. The fourth-order valence-electron chi connectivity index (χ4n) is 1.96.